The number of phenolic OH excluding ortho intramolecular Hbond substituents is 3. The molecule has 4 aromatic rings. The number of rotatable bonds is 3. The first kappa shape index (κ1) is 28.3. The fourth-order valence-corrected chi connectivity index (χ4v) is 5.73. The van der Waals surface area contributed by atoms with Crippen molar-refractivity contribution in [3.63, 3.8) is 0 Å². The van der Waals surface area contributed by atoms with Crippen molar-refractivity contribution in [3.05, 3.63) is 114 Å². The monoisotopic (exact) mass is 522 g/mol. The first-order valence-electron chi connectivity index (χ1n) is 14.5. The zero-order valence-corrected chi connectivity index (χ0v) is 22.9. The molecule has 0 amide bonds. The summed E-state index contributed by atoms with van der Waals surface area (Å²) in [6.07, 6.45) is 13.4. The minimum absolute atomic E-state index is 0.328. The lowest BCUT2D eigenvalue weighted by molar-refractivity contribution is 0.438. The van der Waals surface area contributed by atoms with E-state index >= 15 is 0 Å². The third kappa shape index (κ3) is 8.92. The Kier molecular flexibility index (Phi) is 10.9. The summed E-state index contributed by atoms with van der Waals surface area (Å²) in [5.74, 6) is 2.55. The minimum Gasteiger partial charge on any atom is -0.508 e. The average molecular weight is 523 g/mol. The largest absolute Gasteiger partial charge is 0.508 e. The van der Waals surface area contributed by atoms with Gasteiger partial charge in [0, 0.05) is 5.56 Å². The molecule has 0 heterocycles. The van der Waals surface area contributed by atoms with E-state index in [4.69, 9.17) is 5.11 Å². The van der Waals surface area contributed by atoms with Gasteiger partial charge in [-0.25, -0.2) is 0 Å². The molecule has 2 aliphatic carbocycles. The third-order valence-corrected chi connectivity index (χ3v) is 7.91. The Morgan fingerprint density at radius 3 is 1.59 bits per heavy atom. The lowest BCUT2D eigenvalue weighted by Gasteiger charge is -2.21. The van der Waals surface area contributed by atoms with Gasteiger partial charge in [0.1, 0.15) is 17.2 Å². The fourth-order valence-electron chi connectivity index (χ4n) is 5.73. The van der Waals surface area contributed by atoms with Crippen molar-refractivity contribution in [3.8, 4) is 28.4 Å². The van der Waals surface area contributed by atoms with Crippen LogP contribution in [0, 0.1) is 0 Å². The minimum atomic E-state index is 0.328. The van der Waals surface area contributed by atoms with Gasteiger partial charge in [-0.3, -0.25) is 0 Å². The van der Waals surface area contributed by atoms with Crippen LogP contribution in [0.5, 0.6) is 17.2 Å². The van der Waals surface area contributed by atoms with E-state index in [1.807, 2.05) is 60.7 Å². The van der Waals surface area contributed by atoms with Crippen molar-refractivity contribution in [1.29, 1.82) is 0 Å². The zero-order valence-electron chi connectivity index (χ0n) is 22.9. The van der Waals surface area contributed by atoms with Crippen LogP contribution in [-0.2, 0) is 0 Å². The third-order valence-electron chi connectivity index (χ3n) is 7.91. The number of para-hydroxylation sites is 1. The van der Waals surface area contributed by atoms with Gasteiger partial charge >= 0.3 is 0 Å². The van der Waals surface area contributed by atoms with E-state index in [0.29, 0.717) is 23.2 Å². The van der Waals surface area contributed by atoms with Crippen LogP contribution in [0.1, 0.15) is 87.2 Å². The molecule has 3 N–H and O–H groups in total. The smallest absolute Gasteiger partial charge is 0.123 e. The predicted molar refractivity (Wildman–Crippen MR) is 161 cm³/mol. The van der Waals surface area contributed by atoms with Gasteiger partial charge in [0.15, 0.2) is 0 Å². The topological polar surface area (TPSA) is 60.7 Å². The second kappa shape index (κ2) is 15.0. The molecular weight excluding hydrogens is 480 g/mol. The molecule has 0 atom stereocenters. The van der Waals surface area contributed by atoms with Crippen LogP contribution in [0.2, 0.25) is 0 Å². The number of phenols is 3. The lowest BCUT2D eigenvalue weighted by atomic mass is 9.84. The van der Waals surface area contributed by atoms with E-state index < -0.39 is 0 Å². The number of aromatic hydroxyl groups is 3. The Bertz CT molecular complexity index is 1240. The van der Waals surface area contributed by atoms with E-state index in [9.17, 15) is 10.2 Å². The highest BCUT2D eigenvalue weighted by Gasteiger charge is 2.16. The van der Waals surface area contributed by atoms with E-state index in [-0.39, 0.29) is 0 Å². The summed E-state index contributed by atoms with van der Waals surface area (Å²) in [5.41, 5.74) is 4.64. The molecular formula is C36H42O3. The van der Waals surface area contributed by atoms with E-state index in [2.05, 4.69) is 18.2 Å². The van der Waals surface area contributed by atoms with E-state index in [1.165, 1.54) is 75.3 Å². The van der Waals surface area contributed by atoms with Crippen LogP contribution in [0.3, 0.4) is 0 Å². The van der Waals surface area contributed by atoms with Crippen LogP contribution >= 0.6 is 0 Å². The highest BCUT2D eigenvalue weighted by molar-refractivity contribution is 5.69. The molecule has 0 radical (unpaired) electrons. The van der Waals surface area contributed by atoms with Gasteiger partial charge in [0.05, 0.1) is 0 Å². The molecule has 0 unspecified atom stereocenters. The summed E-state index contributed by atoms with van der Waals surface area (Å²) in [7, 11) is 0. The summed E-state index contributed by atoms with van der Waals surface area (Å²) < 4.78 is 0. The predicted octanol–water partition coefficient (Wildman–Crippen LogP) is 9.94. The Hall–Kier alpha value is -3.72. The molecule has 3 nitrogen and oxygen atoms in total. The maximum atomic E-state index is 9.56. The second-order valence-electron chi connectivity index (χ2n) is 10.7. The summed E-state index contributed by atoms with van der Waals surface area (Å²) in [5, 5.41) is 28.1. The molecule has 0 aromatic heterocycles. The second-order valence-corrected chi connectivity index (χ2v) is 10.7. The molecule has 4 aromatic carbocycles. The summed E-state index contributed by atoms with van der Waals surface area (Å²) in [4.78, 5) is 0. The van der Waals surface area contributed by atoms with Crippen LogP contribution in [0.25, 0.3) is 11.1 Å². The first-order chi connectivity index (χ1) is 19.1. The Morgan fingerprint density at radius 1 is 0.436 bits per heavy atom. The van der Waals surface area contributed by atoms with E-state index in [1.54, 1.807) is 24.3 Å². The van der Waals surface area contributed by atoms with Gasteiger partial charge in [-0.05, 0) is 84.5 Å². The Balaban J connectivity index is 0.000000136. The first-order valence-corrected chi connectivity index (χ1v) is 14.5. The molecule has 0 saturated heterocycles. The SMILES string of the molecule is Oc1ccc(C2CCCCC2)cc1.Oc1cccc(C2CCCCC2)c1.Oc1ccccc1-c1ccccc1. The van der Waals surface area contributed by atoms with Crippen molar-refractivity contribution in [1.82, 2.24) is 0 Å². The van der Waals surface area contributed by atoms with Gasteiger partial charge in [0.25, 0.3) is 0 Å². The molecule has 2 aliphatic rings. The van der Waals surface area contributed by atoms with Gasteiger partial charge in [-0.15, -0.1) is 0 Å². The van der Waals surface area contributed by atoms with Crippen molar-refractivity contribution in [2.24, 2.45) is 0 Å². The average Bonchev–Trinajstić information content (AvgIpc) is 3.00. The van der Waals surface area contributed by atoms with Crippen LogP contribution in [0.15, 0.2) is 103 Å². The molecule has 3 heteroatoms. The summed E-state index contributed by atoms with van der Waals surface area (Å²) in [6, 6.07) is 32.6. The van der Waals surface area contributed by atoms with Crippen LogP contribution < -0.4 is 0 Å². The Morgan fingerprint density at radius 2 is 1.00 bits per heavy atom. The van der Waals surface area contributed by atoms with Crippen molar-refractivity contribution in [2.45, 2.75) is 76.0 Å². The number of benzene rings is 4. The van der Waals surface area contributed by atoms with Crippen molar-refractivity contribution in [2.75, 3.05) is 0 Å². The molecule has 0 spiro atoms. The molecule has 2 saturated carbocycles. The highest BCUT2D eigenvalue weighted by atomic mass is 16.3. The van der Waals surface area contributed by atoms with E-state index in [0.717, 1.165) is 17.0 Å². The normalized spacial score (nSPS) is 15.8. The van der Waals surface area contributed by atoms with Crippen molar-refractivity contribution >= 4 is 0 Å². The molecule has 6 rings (SSSR count). The van der Waals surface area contributed by atoms with Crippen molar-refractivity contribution < 1.29 is 15.3 Å². The fraction of sp³-hybridized carbons (Fsp3) is 0.333. The molecule has 39 heavy (non-hydrogen) atoms. The van der Waals surface area contributed by atoms with Gasteiger partial charge in [-0.1, -0.05) is 111 Å². The standard InChI is InChI=1S/C12H10O.2C12H16O/c13-12-9-5-4-8-11(12)10-6-2-1-3-7-10;13-12-8-4-7-11(9-12)10-5-2-1-3-6-10;13-12-8-6-11(7-9-12)10-4-2-1-3-5-10/h1-9,13H;4,7-10,13H,1-3,5-6H2;6-10,13H,1-5H2. The summed E-state index contributed by atoms with van der Waals surface area (Å²) >= 11 is 0. The molecule has 204 valence electrons. The summed E-state index contributed by atoms with van der Waals surface area (Å²) in [6.45, 7) is 0. The number of hydrogen-bond acceptors (Lipinski definition) is 3. The van der Waals surface area contributed by atoms with Gasteiger partial charge in [-0.2, -0.15) is 0 Å². The van der Waals surface area contributed by atoms with Gasteiger partial charge in [0.2, 0.25) is 0 Å². The van der Waals surface area contributed by atoms with Crippen LogP contribution in [-0.4, -0.2) is 15.3 Å². The zero-order chi connectivity index (χ0) is 27.3. The Labute approximate surface area is 233 Å². The quantitative estimate of drug-likeness (QED) is 0.251. The lowest BCUT2D eigenvalue weighted by Crippen LogP contribution is -2.03. The molecule has 2 fully saturated rings. The maximum Gasteiger partial charge on any atom is 0.123 e. The molecule has 0 aliphatic heterocycles. The maximum absolute atomic E-state index is 9.56. The number of hydrogen-bond donors (Lipinski definition) is 3. The van der Waals surface area contributed by atoms with Crippen LogP contribution in [0.4, 0.5) is 0 Å². The highest BCUT2D eigenvalue weighted by Crippen LogP contribution is 2.34. The molecule has 0 bridgehead atoms. The van der Waals surface area contributed by atoms with Gasteiger partial charge < -0.3 is 15.3 Å².